The Morgan fingerprint density at radius 2 is 1.67 bits per heavy atom. The van der Waals surface area contributed by atoms with Crippen LogP contribution in [-0.2, 0) is 6.42 Å². The maximum Gasteiger partial charge on any atom is 0.122 e. The zero-order valence-corrected chi connectivity index (χ0v) is 12.0. The number of hydrogen-bond acceptors (Lipinski definition) is 3. The van der Waals surface area contributed by atoms with Gasteiger partial charge in [-0.1, -0.05) is 13.8 Å². The van der Waals surface area contributed by atoms with E-state index < -0.39 is 0 Å². The monoisotopic (exact) mass is 251 g/mol. The van der Waals surface area contributed by atoms with Crippen molar-refractivity contribution in [2.24, 2.45) is 0 Å². The Hall–Kier alpha value is -1.22. The van der Waals surface area contributed by atoms with E-state index in [1.807, 2.05) is 6.07 Å². The molecule has 0 aliphatic heterocycles. The molecule has 1 aromatic rings. The molecule has 0 spiro atoms. The zero-order valence-electron chi connectivity index (χ0n) is 12.0. The van der Waals surface area contributed by atoms with E-state index in [4.69, 9.17) is 9.47 Å². The van der Waals surface area contributed by atoms with Gasteiger partial charge in [0.25, 0.3) is 0 Å². The van der Waals surface area contributed by atoms with E-state index in [0.29, 0.717) is 6.04 Å². The average molecular weight is 251 g/mol. The number of hydrogen-bond donors (Lipinski definition) is 1. The molecule has 18 heavy (non-hydrogen) atoms. The smallest absolute Gasteiger partial charge is 0.122 e. The summed E-state index contributed by atoms with van der Waals surface area (Å²) in [6, 6.07) is 6.67. The van der Waals surface area contributed by atoms with Crippen molar-refractivity contribution >= 4 is 0 Å². The molecule has 0 radical (unpaired) electrons. The second-order valence-electron chi connectivity index (χ2n) is 4.42. The summed E-state index contributed by atoms with van der Waals surface area (Å²) < 4.78 is 10.6. The fourth-order valence-electron chi connectivity index (χ4n) is 2.09. The lowest BCUT2D eigenvalue weighted by atomic mass is 10.0. The van der Waals surface area contributed by atoms with Gasteiger partial charge in [0.15, 0.2) is 0 Å². The van der Waals surface area contributed by atoms with E-state index in [1.165, 1.54) is 5.56 Å². The minimum absolute atomic E-state index is 0.590. The number of rotatable bonds is 8. The van der Waals surface area contributed by atoms with Gasteiger partial charge in [0.2, 0.25) is 0 Å². The third-order valence-corrected chi connectivity index (χ3v) is 3.18. The molecule has 3 heteroatoms. The first-order valence-electron chi connectivity index (χ1n) is 6.68. The Labute approximate surface area is 110 Å². The quantitative estimate of drug-likeness (QED) is 0.770. The number of benzene rings is 1. The molecule has 0 aromatic heterocycles. The summed E-state index contributed by atoms with van der Waals surface area (Å²) in [6.45, 7) is 5.40. The van der Waals surface area contributed by atoms with Gasteiger partial charge in [-0.05, 0) is 43.5 Å². The summed E-state index contributed by atoms with van der Waals surface area (Å²) in [4.78, 5) is 0. The molecular weight excluding hydrogens is 226 g/mol. The summed E-state index contributed by atoms with van der Waals surface area (Å²) >= 11 is 0. The van der Waals surface area contributed by atoms with Crippen LogP contribution in [-0.4, -0.2) is 26.8 Å². The molecule has 1 unspecified atom stereocenters. The second-order valence-corrected chi connectivity index (χ2v) is 4.42. The molecule has 1 N–H and O–H groups in total. The van der Waals surface area contributed by atoms with Crippen LogP contribution in [0, 0.1) is 0 Å². The number of aryl methyl sites for hydroxylation is 1. The van der Waals surface area contributed by atoms with Crippen LogP contribution in [0.15, 0.2) is 18.2 Å². The summed E-state index contributed by atoms with van der Waals surface area (Å²) in [6.07, 6.45) is 3.34. The molecule has 1 aromatic carbocycles. The van der Waals surface area contributed by atoms with Crippen LogP contribution in [0.1, 0.15) is 32.3 Å². The summed E-state index contributed by atoms with van der Waals surface area (Å²) in [7, 11) is 3.37. The molecule has 0 fully saturated rings. The van der Waals surface area contributed by atoms with Crippen molar-refractivity contribution in [2.75, 3.05) is 20.8 Å². The van der Waals surface area contributed by atoms with Gasteiger partial charge in [0.1, 0.15) is 11.5 Å². The third kappa shape index (κ3) is 4.57. The summed E-state index contributed by atoms with van der Waals surface area (Å²) in [5.74, 6) is 1.72. The second kappa shape index (κ2) is 7.98. The van der Waals surface area contributed by atoms with Crippen molar-refractivity contribution in [1.82, 2.24) is 5.32 Å². The maximum atomic E-state index is 5.28. The van der Waals surface area contributed by atoms with Gasteiger partial charge in [-0.15, -0.1) is 0 Å². The number of ether oxygens (including phenoxy) is 2. The lowest BCUT2D eigenvalue weighted by Gasteiger charge is -2.16. The zero-order chi connectivity index (χ0) is 13.4. The lowest BCUT2D eigenvalue weighted by molar-refractivity contribution is 0.392. The van der Waals surface area contributed by atoms with E-state index in [0.717, 1.165) is 37.3 Å². The molecule has 0 amide bonds. The Morgan fingerprint density at radius 1 is 1.06 bits per heavy atom. The van der Waals surface area contributed by atoms with Gasteiger partial charge < -0.3 is 14.8 Å². The fraction of sp³-hybridized carbons (Fsp3) is 0.600. The van der Waals surface area contributed by atoms with E-state index in [2.05, 4.69) is 31.3 Å². The van der Waals surface area contributed by atoms with Crippen molar-refractivity contribution in [3.05, 3.63) is 23.8 Å². The number of nitrogens with one attached hydrogen (secondary N) is 1. The van der Waals surface area contributed by atoms with E-state index in [-0.39, 0.29) is 0 Å². The maximum absolute atomic E-state index is 5.28. The fourth-order valence-corrected chi connectivity index (χ4v) is 2.09. The van der Waals surface area contributed by atoms with E-state index >= 15 is 0 Å². The van der Waals surface area contributed by atoms with Gasteiger partial charge in [-0.2, -0.15) is 0 Å². The molecule has 0 heterocycles. The highest BCUT2D eigenvalue weighted by atomic mass is 16.5. The molecule has 3 nitrogen and oxygen atoms in total. The molecule has 0 saturated carbocycles. The van der Waals surface area contributed by atoms with Crippen molar-refractivity contribution < 1.29 is 9.47 Å². The van der Waals surface area contributed by atoms with E-state index in [9.17, 15) is 0 Å². The molecule has 102 valence electrons. The van der Waals surface area contributed by atoms with Gasteiger partial charge in [-0.3, -0.25) is 0 Å². The molecule has 1 atom stereocenters. The first-order valence-corrected chi connectivity index (χ1v) is 6.68. The van der Waals surface area contributed by atoms with Crippen LogP contribution in [0.5, 0.6) is 11.5 Å². The van der Waals surface area contributed by atoms with Gasteiger partial charge in [0.05, 0.1) is 14.2 Å². The predicted molar refractivity (Wildman–Crippen MR) is 75.6 cm³/mol. The topological polar surface area (TPSA) is 30.5 Å². The highest BCUT2D eigenvalue weighted by Crippen LogP contribution is 2.23. The summed E-state index contributed by atoms with van der Waals surface area (Å²) in [5.41, 5.74) is 1.27. The molecular formula is C15H25NO2. The average Bonchev–Trinajstić information content (AvgIpc) is 2.42. The van der Waals surface area contributed by atoms with Crippen LogP contribution in [0.25, 0.3) is 0 Å². The van der Waals surface area contributed by atoms with Crippen LogP contribution in [0.4, 0.5) is 0 Å². The van der Waals surface area contributed by atoms with Crippen LogP contribution < -0.4 is 14.8 Å². The van der Waals surface area contributed by atoms with Crippen molar-refractivity contribution in [3.63, 3.8) is 0 Å². The Bertz CT molecular complexity index is 330. The standard InChI is InChI=1S/C15H25NO2/c1-5-13(16-6-2)8-7-12-9-14(17-3)11-15(10-12)18-4/h9-11,13,16H,5-8H2,1-4H3. The molecule has 1 rings (SSSR count). The largest absolute Gasteiger partial charge is 0.497 e. The SMILES string of the molecule is CCNC(CC)CCc1cc(OC)cc(OC)c1. The molecule has 0 aliphatic carbocycles. The first-order chi connectivity index (χ1) is 8.73. The Balaban J connectivity index is 2.65. The highest BCUT2D eigenvalue weighted by molar-refractivity contribution is 5.38. The van der Waals surface area contributed by atoms with Crippen LogP contribution >= 0.6 is 0 Å². The number of methoxy groups -OCH3 is 2. The van der Waals surface area contributed by atoms with Crippen molar-refractivity contribution in [2.45, 2.75) is 39.2 Å². The van der Waals surface area contributed by atoms with Gasteiger partial charge in [0, 0.05) is 12.1 Å². The van der Waals surface area contributed by atoms with E-state index in [1.54, 1.807) is 14.2 Å². The lowest BCUT2D eigenvalue weighted by Crippen LogP contribution is -2.28. The molecule has 0 bridgehead atoms. The Kier molecular flexibility index (Phi) is 6.58. The van der Waals surface area contributed by atoms with Crippen molar-refractivity contribution in [1.29, 1.82) is 0 Å². The van der Waals surface area contributed by atoms with Crippen molar-refractivity contribution in [3.8, 4) is 11.5 Å². The normalized spacial score (nSPS) is 12.2. The van der Waals surface area contributed by atoms with Crippen LogP contribution in [0.2, 0.25) is 0 Å². The van der Waals surface area contributed by atoms with Gasteiger partial charge in [-0.25, -0.2) is 0 Å². The van der Waals surface area contributed by atoms with Crippen LogP contribution in [0.3, 0.4) is 0 Å². The third-order valence-electron chi connectivity index (χ3n) is 3.18. The predicted octanol–water partition coefficient (Wildman–Crippen LogP) is 3.02. The summed E-state index contributed by atoms with van der Waals surface area (Å²) in [5, 5.41) is 3.50. The first kappa shape index (κ1) is 14.8. The minimum Gasteiger partial charge on any atom is -0.497 e. The highest BCUT2D eigenvalue weighted by Gasteiger charge is 2.07. The molecule has 0 saturated heterocycles. The Morgan fingerprint density at radius 3 is 2.11 bits per heavy atom. The minimum atomic E-state index is 0.590. The molecule has 0 aliphatic rings. The van der Waals surface area contributed by atoms with Gasteiger partial charge >= 0.3 is 0 Å².